The average molecular weight is 520 g/mol. The second kappa shape index (κ2) is 10.1. The van der Waals surface area contributed by atoms with Gasteiger partial charge in [-0.05, 0) is 56.5 Å². The molecule has 0 aliphatic heterocycles. The van der Waals surface area contributed by atoms with Crippen LogP contribution in [0.5, 0.6) is 0 Å². The minimum Gasteiger partial charge on any atom is -0.480 e. The van der Waals surface area contributed by atoms with Crippen molar-refractivity contribution in [2.24, 2.45) is 0 Å². The second-order valence-electron chi connectivity index (χ2n) is 9.62. The van der Waals surface area contributed by atoms with Crippen LogP contribution in [0.15, 0.2) is 91.0 Å². The number of rotatable bonds is 6. The predicted molar refractivity (Wildman–Crippen MR) is 144 cm³/mol. The van der Waals surface area contributed by atoms with Crippen LogP contribution in [0.1, 0.15) is 33.7 Å². The first-order valence-electron chi connectivity index (χ1n) is 12.7. The fraction of sp³-hybridized carbons (Fsp3) is 0.156. The molecule has 2 aliphatic carbocycles. The number of aliphatic carboxylic acids is 1. The van der Waals surface area contributed by atoms with Gasteiger partial charge in [-0.2, -0.15) is 0 Å². The number of hydrogen-bond donors (Lipinski definition) is 1. The van der Waals surface area contributed by atoms with Gasteiger partial charge in [0.25, 0.3) is 0 Å². The molecule has 0 fully saturated rings. The molecule has 6 rings (SSSR count). The number of carbonyl (C=O) groups excluding carboxylic acids is 2. The van der Waals surface area contributed by atoms with Gasteiger partial charge in [0, 0.05) is 5.92 Å². The van der Waals surface area contributed by atoms with E-state index in [4.69, 9.17) is 9.47 Å². The Morgan fingerprint density at radius 2 is 1.31 bits per heavy atom. The molecule has 7 heteroatoms. The van der Waals surface area contributed by atoms with Gasteiger partial charge < -0.3 is 14.6 Å². The maximum absolute atomic E-state index is 13.0. The molecule has 0 aromatic heterocycles. The Hall–Kier alpha value is -4.91. The number of carbonyl (C=O) groups is 3. The molecular formula is C32H25NO6. The molecule has 0 heterocycles. The number of nitrogens with zero attached hydrogens (tertiary/aromatic N) is 1. The van der Waals surface area contributed by atoms with Crippen LogP contribution in [0.2, 0.25) is 0 Å². The SMILES string of the molecule is O=C(O)CN(C(=O)OCc1cccc2c1Cc1ccccc1-2)C(=O)OCC1c2ccccc2-c2ccccc21. The number of fused-ring (bicyclic) bond motifs is 6. The van der Waals surface area contributed by atoms with E-state index in [9.17, 15) is 19.5 Å². The maximum Gasteiger partial charge on any atom is 0.420 e. The Balaban J connectivity index is 1.15. The number of carboxylic acid groups (broad SMARTS) is 1. The summed E-state index contributed by atoms with van der Waals surface area (Å²) in [7, 11) is 0. The first-order chi connectivity index (χ1) is 19.0. The van der Waals surface area contributed by atoms with E-state index in [-0.39, 0.29) is 19.1 Å². The minimum absolute atomic E-state index is 0.0410. The van der Waals surface area contributed by atoms with E-state index >= 15 is 0 Å². The number of carboxylic acids is 1. The lowest BCUT2D eigenvalue weighted by Crippen LogP contribution is -2.41. The first kappa shape index (κ1) is 24.4. The first-order valence-corrected chi connectivity index (χ1v) is 12.7. The van der Waals surface area contributed by atoms with Crippen molar-refractivity contribution in [1.29, 1.82) is 0 Å². The molecule has 1 N–H and O–H groups in total. The van der Waals surface area contributed by atoms with Crippen molar-refractivity contribution in [1.82, 2.24) is 4.90 Å². The zero-order chi connectivity index (χ0) is 26.9. The van der Waals surface area contributed by atoms with E-state index in [2.05, 4.69) is 12.1 Å². The third-order valence-electron chi connectivity index (χ3n) is 7.37. The van der Waals surface area contributed by atoms with Gasteiger partial charge in [-0.25, -0.2) is 14.5 Å². The van der Waals surface area contributed by atoms with E-state index in [1.807, 2.05) is 78.9 Å². The van der Waals surface area contributed by atoms with Crippen LogP contribution in [-0.4, -0.2) is 41.3 Å². The van der Waals surface area contributed by atoms with Crippen molar-refractivity contribution in [3.8, 4) is 22.3 Å². The molecule has 0 saturated carbocycles. The fourth-order valence-corrected chi connectivity index (χ4v) is 5.59. The topological polar surface area (TPSA) is 93.1 Å². The Kier molecular flexibility index (Phi) is 6.32. The summed E-state index contributed by atoms with van der Waals surface area (Å²) < 4.78 is 11.0. The molecule has 0 radical (unpaired) electrons. The number of amides is 2. The molecule has 4 aromatic carbocycles. The Morgan fingerprint density at radius 3 is 2.00 bits per heavy atom. The van der Waals surface area contributed by atoms with Crippen LogP contribution < -0.4 is 0 Å². The van der Waals surface area contributed by atoms with Gasteiger partial charge in [-0.15, -0.1) is 0 Å². The smallest absolute Gasteiger partial charge is 0.420 e. The van der Waals surface area contributed by atoms with Gasteiger partial charge in [-0.3, -0.25) is 4.79 Å². The van der Waals surface area contributed by atoms with Crippen molar-refractivity contribution in [2.75, 3.05) is 13.2 Å². The second-order valence-corrected chi connectivity index (χ2v) is 9.62. The van der Waals surface area contributed by atoms with Gasteiger partial charge in [0.05, 0.1) is 0 Å². The van der Waals surface area contributed by atoms with Crippen LogP contribution in [0.3, 0.4) is 0 Å². The summed E-state index contributed by atoms with van der Waals surface area (Å²) in [6.07, 6.45) is -1.41. The van der Waals surface area contributed by atoms with E-state index in [0.29, 0.717) is 11.3 Å². The Labute approximate surface area is 225 Å². The third-order valence-corrected chi connectivity index (χ3v) is 7.37. The highest BCUT2D eigenvalue weighted by Crippen LogP contribution is 2.44. The molecule has 2 aliphatic rings. The van der Waals surface area contributed by atoms with E-state index < -0.39 is 24.7 Å². The highest BCUT2D eigenvalue weighted by molar-refractivity contribution is 5.92. The molecule has 7 nitrogen and oxygen atoms in total. The normalized spacial score (nSPS) is 12.6. The van der Waals surface area contributed by atoms with Crippen molar-refractivity contribution in [3.63, 3.8) is 0 Å². The summed E-state index contributed by atoms with van der Waals surface area (Å²) in [4.78, 5) is 37.9. The van der Waals surface area contributed by atoms with Gasteiger partial charge in [0.15, 0.2) is 0 Å². The zero-order valence-corrected chi connectivity index (χ0v) is 21.0. The quantitative estimate of drug-likeness (QED) is 0.286. The number of imide groups is 1. The molecule has 0 atom stereocenters. The monoisotopic (exact) mass is 519 g/mol. The van der Waals surface area contributed by atoms with Gasteiger partial charge in [0.2, 0.25) is 0 Å². The molecule has 0 spiro atoms. The molecule has 39 heavy (non-hydrogen) atoms. The largest absolute Gasteiger partial charge is 0.480 e. The zero-order valence-electron chi connectivity index (χ0n) is 21.0. The molecule has 0 bridgehead atoms. The van der Waals surface area contributed by atoms with Crippen molar-refractivity contribution in [2.45, 2.75) is 18.9 Å². The summed E-state index contributed by atoms with van der Waals surface area (Å²) in [6.45, 7) is -1.00. The van der Waals surface area contributed by atoms with Gasteiger partial charge in [0.1, 0.15) is 19.8 Å². The van der Waals surface area contributed by atoms with E-state index in [1.54, 1.807) is 0 Å². The standard InChI is InChI=1S/C32H25NO6/c34-30(35)17-33(31(36)38-18-21-9-7-15-23-22-10-2-1-8-20(22)16-28(21)23)32(37)39-19-29-26-13-5-3-11-24(26)25-12-4-6-14-27(25)29/h1-15,29H,16-19H2,(H,34,35). The van der Waals surface area contributed by atoms with Gasteiger partial charge in [-0.1, -0.05) is 91.0 Å². The molecule has 2 amide bonds. The number of hydrogen-bond acceptors (Lipinski definition) is 5. The summed E-state index contributed by atoms with van der Waals surface area (Å²) in [5.74, 6) is -1.57. The molecule has 194 valence electrons. The maximum atomic E-state index is 13.0. The fourth-order valence-electron chi connectivity index (χ4n) is 5.59. The Bertz CT molecular complexity index is 1560. The lowest BCUT2D eigenvalue weighted by atomic mass is 9.98. The highest BCUT2D eigenvalue weighted by atomic mass is 16.6. The summed E-state index contributed by atoms with van der Waals surface area (Å²) >= 11 is 0. The Morgan fingerprint density at radius 1 is 0.718 bits per heavy atom. The lowest BCUT2D eigenvalue weighted by molar-refractivity contribution is -0.137. The minimum atomic E-state index is -1.35. The molecule has 4 aromatic rings. The van der Waals surface area contributed by atoms with Crippen LogP contribution in [0, 0.1) is 0 Å². The van der Waals surface area contributed by atoms with Crippen LogP contribution >= 0.6 is 0 Å². The molecule has 0 saturated heterocycles. The highest BCUT2D eigenvalue weighted by Gasteiger charge is 2.32. The third kappa shape index (κ3) is 4.52. The summed E-state index contributed by atoms with van der Waals surface area (Å²) in [6, 6.07) is 29.6. The van der Waals surface area contributed by atoms with Crippen molar-refractivity contribution >= 4 is 18.2 Å². The summed E-state index contributed by atoms with van der Waals surface area (Å²) in [5, 5.41) is 9.38. The van der Waals surface area contributed by atoms with Crippen LogP contribution in [0.25, 0.3) is 22.3 Å². The molecule has 0 unspecified atom stereocenters. The number of benzene rings is 4. The van der Waals surface area contributed by atoms with E-state index in [0.717, 1.165) is 44.5 Å². The van der Waals surface area contributed by atoms with E-state index in [1.165, 1.54) is 5.56 Å². The molecular weight excluding hydrogens is 494 g/mol. The van der Waals surface area contributed by atoms with Crippen LogP contribution in [0.4, 0.5) is 9.59 Å². The van der Waals surface area contributed by atoms with Crippen molar-refractivity contribution < 1.29 is 29.0 Å². The van der Waals surface area contributed by atoms with Crippen molar-refractivity contribution in [3.05, 3.63) is 119 Å². The average Bonchev–Trinajstić information content (AvgIpc) is 3.49. The van der Waals surface area contributed by atoms with Crippen LogP contribution in [-0.2, 0) is 27.3 Å². The lowest BCUT2D eigenvalue weighted by Gasteiger charge is -2.20. The predicted octanol–water partition coefficient (Wildman–Crippen LogP) is 6.23. The summed E-state index contributed by atoms with van der Waals surface area (Å²) in [5.41, 5.74) is 9.43. The number of ether oxygens (including phenoxy) is 2. The van der Waals surface area contributed by atoms with Gasteiger partial charge >= 0.3 is 18.2 Å².